The lowest BCUT2D eigenvalue weighted by Crippen LogP contribution is -2.20. The van der Waals surface area contributed by atoms with E-state index in [2.05, 4.69) is 26.0 Å². The Bertz CT molecular complexity index is 884. The summed E-state index contributed by atoms with van der Waals surface area (Å²) in [6.07, 6.45) is 3.49. The smallest absolute Gasteiger partial charge is 0.261 e. The highest BCUT2D eigenvalue weighted by Gasteiger charge is 2.14. The van der Waals surface area contributed by atoms with E-state index in [9.17, 15) is 4.79 Å². The highest BCUT2D eigenvalue weighted by molar-refractivity contribution is 9.10. The molecule has 102 valence electrons. The van der Waals surface area contributed by atoms with Gasteiger partial charge in [0.15, 0.2) is 0 Å². The summed E-state index contributed by atoms with van der Waals surface area (Å²) >= 11 is 9.39. The van der Waals surface area contributed by atoms with E-state index in [0.29, 0.717) is 26.2 Å². The van der Waals surface area contributed by atoms with Gasteiger partial charge >= 0.3 is 0 Å². The summed E-state index contributed by atoms with van der Waals surface area (Å²) in [7, 11) is 3.50. The first-order chi connectivity index (χ1) is 9.47. The quantitative estimate of drug-likeness (QED) is 0.676. The summed E-state index contributed by atoms with van der Waals surface area (Å²) in [6.45, 7) is 0. The van der Waals surface area contributed by atoms with Gasteiger partial charge in [0.1, 0.15) is 5.82 Å². The molecule has 0 amide bonds. The van der Waals surface area contributed by atoms with Crippen LogP contribution in [0.1, 0.15) is 0 Å². The molecule has 0 unspecified atom stereocenters. The largest absolute Gasteiger partial charge is 0.295 e. The van der Waals surface area contributed by atoms with Crippen molar-refractivity contribution in [1.82, 2.24) is 19.3 Å². The van der Waals surface area contributed by atoms with Crippen LogP contribution in [0.15, 0.2) is 33.8 Å². The highest BCUT2D eigenvalue weighted by atomic mass is 79.9. The van der Waals surface area contributed by atoms with Gasteiger partial charge < -0.3 is 0 Å². The molecule has 3 rings (SSSR count). The third-order valence-electron chi connectivity index (χ3n) is 3.06. The third kappa shape index (κ3) is 2.05. The van der Waals surface area contributed by atoms with Gasteiger partial charge in [-0.05, 0) is 28.1 Å². The van der Waals surface area contributed by atoms with E-state index in [0.717, 1.165) is 5.56 Å². The highest BCUT2D eigenvalue weighted by Crippen LogP contribution is 2.26. The van der Waals surface area contributed by atoms with Crippen molar-refractivity contribution in [2.45, 2.75) is 0 Å². The van der Waals surface area contributed by atoms with Crippen molar-refractivity contribution in [3.63, 3.8) is 0 Å². The van der Waals surface area contributed by atoms with Crippen molar-refractivity contribution < 1.29 is 0 Å². The number of hydrogen-bond acceptors (Lipinski definition) is 3. The predicted molar refractivity (Wildman–Crippen MR) is 81.9 cm³/mol. The minimum Gasteiger partial charge on any atom is -0.295 e. The topological polar surface area (TPSA) is 52.7 Å². The molecule has 1 aromatic carbocycles. The SMILES string of the molecule is Cn1cc(-c2nc3c(Br)cc(Cl)cc3c(=O)n2C)cn1. The lowest BCUT2D eigenvalue weighted by Gasteiger charge is -2.09. The van der Waals surface area contributed by atoms with Crippen molar-refractivity contribution in [3.05, 3.63) is 44.4 Å². The van der Waals surface area contributed by atoms with Crippen molar-refractivity contribution in [1.29, 1.82) is 0 Å². The molecular weight excluding hydrogens is 344 g/mol. The molecular formula is C13H10BrClN4O. The van der Waals surface area contributed by atoms with Gasteiger partial charge in [-0.3, -0.25) is 14.0 Å². The van der Waals surface area contributed by atoms with Crippen LogP contribution in [0.5, 0.6) is 0 Å². The third-order valence-corrected chi connectivity index (χ3v) is 3.88. The van der Waals surface area contributed by atoms with Crippen LogP contribution in [0, 0.1) is 0 Å². The maximum atomic E-state index is 12.4. The average Bonchev–Trinajstić information content (AvgIpc) is 2.81. The zero-order valence-corrected chi connectivity index (χ0v) is 13.1. The van der Waals surface area contributed by atoms with Crippen LogP contribution in [0.2, 0.25) is 5.02 Å². The fourth-order valence-electron chi connectivity index (χ4n) is 2.10. The molecule has 20 heavy (non-hydrogen) atoms. The molecule has 0 spiro atoms. The zero-order valence-electron chi connectivity index (χ0n) is 10.8. The first-order valence-corrected chi connectivity index (χ1v) is 6.99. The zero-order chi connectivity index (χ0) is 14.4. The summed E-state index contributed by atoms with van der Waals surface area (Å²) in [4.78, 5) is 17.0. The van der Waals surface area contributed by atoms with Gasteiger partial charge in [-0.25, -0.2) is 4.98 Å². The normalized spacial score (nSPS) is 11.2. The van der Waals surface area contributed by atoms with Crippen molar-refractivity contribution in [3.8, 4) is 11.4 Å². The number of nitrogens with zero attached hydrogens (tertiary/aromatic N) is 4. The van der Waals surface area contributed by atoms with Crippen LogP contribution < -0.4 is 5.56 Å². The maximum Gasteiger partial charge on any atom is 0.261 e. The number of fused-ring (bicyclic) bond motifs is 1. The summed E-state index contributed by atoms with van der Waals surface area (Å²) in [5.74, 6) is 0.568. The number of hydrogen-bond donors (Lipinski definition) is 0. The first-order valence-electron chi connectivity index (χ1n) is 5.82. The van der Waals surface area contributed by atoms with Crippen LogP contribution in [0.3, 0.4) is 0 Å². The van der Waals surface area contributed by atoms with Crippen LogP contribution in [0.4, 0.5) is 0 Å². The Morgan fingerprint density at radius 3 is 2.70 bits per heavy atom. The predicted octanol–water partition coefficient (Wildman–Crippen LogP) is 2.75. The molecule has 5 nitrogen and oxygen atoms in total. The minimum atomic E-state index is -0.142. The number of benzene rings is 1. The van der Waals surface area contributed by atoms with E-state index in [1.165, 1.54) is 4.57 Å². The van der Waals surface area contributed by atoms with Gasteiger partial charge in [0.05, 0.1) is 22.7 Å². The molecule has 0 aliphatic carbocycles. The second-order valence-electron chi connectivity index (χ2n) is 4.49. The van der Waals surface area contributed by atoms with E-state index in [4.69, 9.17) is 11.6 Å². The maximum absolute atomic E-state index is 12.4. The number of aromatic nitrogens is 4. The molecule has 0 fully saturated rings. The molecule has 2 heterocycles. The Balaban J connectivity index is 2.41. The Morgan fingerprint density at radius 2 is 2.05 bits per heavy atom. The summed E-state index contributed by atoms with van der Waals surface area (Å²) in [6, 6.07) is 3.35. The van der Waals surface area contributed by atoms with Crippen LogP contribution >= 0.6 is 27.5 Å². The Labute approximate surface area is 127 Å². The molecule has 0 aliphatic heterocycles. The van der Waals surface area contributed by atoms with Gasteiger partial charge in [0, 0.05) is 29.8 Å². The summed E-state index contributed by atoms with van der Waals surface area (Å²) in [5.41, 5.74) is 1.24. The summed E-state index contributed by atoms with van der Waals surface area (Å²) in [5, 5.41) is 5.09. The van der Waals surface area contributed by atoms with E-state index in [1.807, 2.05) is 13.2 Å². The number of halogens is 2. The lowest BCUT2D eigenvalue weighted by atomic mass is 10.2. The minimum absolute atomic E-state index is 0.142. The molecule has 0 saturated heterocycles. The number of rotatable bonds is 1. The first kappa shape index (κ1) is 13.3. The van der Waals surface area contributed by atoms with Crippen molar-refractivity contribution >= 4 is 38.4 Å². The van der Waals surface area contributed by atoms with Crippen LogP contribution in [0.25, 0.3) is 22.3 Å². The monoisotopic (exact) mass is 352 g/mol. The fraction of sp³-hybridized carbons (Fsp3) is 0.154. The Morgan fingerprint density at radius 1 is 1.30 bits per heavy atom. The van der Waals surface area contributed by atoms with Gasteiger partial charge in [-0.15, -0.1) is 0 Å². The van der Waals surface area contributed by atoms with Gasteiger partial charge in [-0.2, -0.15) is 5.10 Å². The standard InChI is InChI=1S/C13H10BrClN4O/c1-18-6-7(5-16-18)12-17-11-9(13(20)19(12)2)3-8(15)4-10(11)14/h3-6H,1-2H3. The molecule has 0 saturated carbocycles. The second-order valence-corrected chi connectivity index (χ2v) is 5.78. The fourth-order valence-corrected chi connectivity index (χ4v) is 2.99. The summed E-state index contributed by atoms with van der Waals surface area (Å²) < 4.78 is 3.87. The van der Waals surface area contributed by atoms with Crippen LogP contribution in [-0.2, 0) is 14.1 Å². The second kappa shape index (κ2) is 4.71. The van der Waals surface area contributed by atoms with Gasteiger partial charge in [0.2, 0.25) is 0 Å². The van der Waals surface area contributed by atoms with Gasteiger partial charge in [0.25, 0.3) is 5.56 Å². The molecule has 0 aliphatic rings. The molecule has 0 N–H and O–H groups in total. The van der Waals surface area contributed by atoms with Gasteiger partial charge in [-0.1, -0.05) is 11.6 Å². The molecule has 0 bridgehead atoms. The molecule has 2 aromatic heterocycles. The van der Waals surface area contributed by atoms with E-state index < -0.39 is 0 Å². The Kier molecular flexibility index (Phi) is 3.14. The van der Waals surface area contributed by atoms with E-state index in [-0.39, 0.29) is 5.56 Å². The molecule has 0 radical (unpaired) electrons. The molecule has 3 aromatic rings. The van der Waals surface area contributed by atoms with Crippen LogP contribution in [-0.4, -0.2) is 19.3 Å². The molecule has 0 atom stereocenters. The van der Waals surface area contributed by atoms with Crippen molar-refractivity contribution in [2.75, 3.05) is 0 Å². The van der Waals surface area contributed by atoms with E-state index in [1.54, 1.807) is 30.1 Å². The van der Waals surface area contributed by atoms with E-state index >= 15 is 0 Å². The van der Waals surface area contributed by atoms with Crippen molar-refractivity contribution in [2.24, 2.45) is 14.1 Å². The Hall–Kier alpha value is -1.66. The molecule has 7 heteroatoms. The lowest BCUT2D eigenvalue weighted by molar-refractivity contribution is 0.767. The number of aryl methyl sites for hydroxylation is 1. The average molecular weight is 354 g/mol.